The highest BCUT2D eigenvalue weighted by Gasteiger charge is 2.10. The van der Waals surface area contributed by atoms with Crippen LogP contribution in [0.3, 0.4) is 0 Å². The lowest BCUT2D eigenvalue weighted by atomic mass is 10.2. The van der Waals surface area contributed by atoms with Gasteiger partial charge in [0.25, 0.3) is 5.91 Å². The molecule has 0 fully saturated rings. The number of furan rings is 1. The lowest BCUT2D eigenvalue weighted by molar-refractivity contribution is -0.116. The van der Waals surface area contributed by atoms with E-state index in [1.165, 1.54) is 6.26 Å². The SMILES string of the molecule is CN(C)CC(=O)Nc1ccc(NC(=S)Nc2ccc(NC(=O)c3ccco3)cc2)cc1Cl. The van der Waals surface area contributed by atoms with E-state index in [0.717, 1.165) is 5.69 Å². The molecule has 1 heterocycles. The standard InChI is InChI=1S/C22H22ClN5O3S/c1-28(2)13-20(29)27-18-10-9-16(12-17(18)23)26-22(32)25-15-7-5-14(6-8-15)24-21(30)19-4-3-11-31-19/h3-12H,13H2,1-2H3,(H,24,30)(H,27,29)(H2,25,26,32). The summed E-state index contributed by atoms with van der Waals surface area (Å²) in [6, 6.07) is 15.4. The molecule has 0 saturated carbocycles. The molecule has 4 N–H and O–H groups in total. The number of rotatable bonds is 7. The van der Waals surface area contributed by atoms with Crippen molar-refractivity contribution in [3.8, 4) is 0 Å². The smallest absolute Gasteiger partial charge is 0.291 e. The van der Waals surface area contributed by atoms with Gasteiger partial charge >= 0.3 is 0 Å². The third-order valence-corrected chi connectivity index (χ3v) is 4.62. The fraction of sp³-hybridized carbons (Fsp3) is 0.136. The number of amides is 2. The van der Waals surface area contributed by atoms with Crippen LogP contribution in [0.25, 0.3) is 0 Å². The average Bonchev–Trinajstić information content (AvgIpc) is 3.26. The van der Waals surface area contributed by atoms with E-state index in [1.807, 2.05) is 14.1 Å². The van der Waals surface area contributed by atoms with Crippen LogP contribution in [0.15, 0.2) is 65.3 Å². The molecule has 2 aromatic carbocycles. The van der Waals surface area contributed by atoms with Gasteiger partial charge in [0.2, 0.25) is 5.91 Å². The Hall–Kier alpha value is -3.40. The topological polar surface area (TPSA) is 98.6 Å². The quantitative estimate of drug-likeness (QED) is 0.377. The lowest BCUT2D eigenvalue weighted by Crippen LogP contribution is -2.27. The van der Waals surface area contributed by atoms with Gasteiger partial charge in [-0.25, -0.2) is 0 Å². The summed E-state index contributed by atoms with van der Waals surface area (Å²) in [6.07, 6.45) is 1.44. The van der Waals surface area contributed by atoms with E-state index in [0.29, 0.717) is 27.2 Å². The molecule has 1 aromatic heterocycles. The zero-order chi connectivity index (χ0) is 23.1. The van der Waals surface area contributed by atoms with Gasteiger partial charge < -0.3 is 30.6 Å². The van der Waals surface area contributed by atoms with Crippen LogP contribution >= 0.6 is 23.8 Å². The van der Waals surface area contributed by atoms with Crippen molar-refractivity contribution in [3.05, 3.63) is 71.6 Å². The van der Waals surface area contributed by atoms with E-state index in [2.05, 4.69) is 21.3 Å². The maximum atomic E-state index is 12.0. The highest BCUT2D eigenvalue weighted by atomic mass is 35.5. The number of benzene rings is 2. The Labute approximate surface area is 195 Å². The van der Waals surface area contributed by atoms with Gasteiger partial charge in [0, 0.05) is 17.1 Å². The van der Waals surface area contributed by atoms with Crippen LogP contribution in [0.2, 0.25) is 5.02 Å². The van der Waals surface area contributed by atoms with E-state index in [9.17, 15) is 9.59 Å². The number of hydrogen-bond acceptors (Lipinski definition) is 5. The van der Waals surface area contributed by atoms with Crippen LogP contribution in [0.1, 0.15) is 10.6 Å². The summed E-state index contributed by atoms with van der Waals surface area (Å²) in [5, 5.41) is 12.4. The Balaban J connectivity index is 1.53. The van der Waals surface area contributed by atoms with Crippen LogP contribution in [0.4, 0.5) is 22.7 Å². The molecule has 10 heteroatoms. The Bertz CT molecular complexity index is 1100. The molecular formula is C22H22ClN5O3S. The molecule has 0 aliphatic heterocycles. The molecule has 0 atom stereocenters. The Morgan fingerprint density at radius 2 is 1.56 bits per heavy atom. The Morgan fingerprint density at radius 1 is 0.938 bits per heavy atom. The molecule has 32 heavy (non-hydrogen) atoms. The minimum Gasteiger partial charge on any atom is -0.459 e. The molecule has 0 aliphatic carbocycles. The number of likely N-dealkylation sites (N-methyl/N-ethyl adjacent to an activating group) is 1. The molecule has 2 amide bonds. The summed E-state index contributed by atoms with van der Waals surface area (Å²) in [4.78, 5) is 25.7. The molecule has 0 saturated heterocycles. The third kappa shape index (κ3) is 6.81. The van der Waals surface area contributed by atoms with Crippen molar-refractivity contribution >= 4 is 63.5 Å². The number of nitrogens with one attached hydrogen (secondary N) is 4. The second-order valence-electron chi connectivity index (χ2n) is 7.07. The van der Waals surface area contributed by atoms with E-state index in [1.54, 1.807) is 59.5 Å². The highest BCUT2D eigenvalue weighted by molar-refractivity contribution is 7.80. The van der Waals surface area contributed by atoms with Crippen molar-refractivity contribution in [1.82, 2.24) is 4.90 Å². The van der Waals surface area contributed by atoms with Gasteiger partial charge in [-0.1, -0.05) is 11.6 Å². The molecular weight excluding hydrogens is 450 g/mol. The van der Waals surface area contributed by atoms with Gasteiger partial charge in [-0.05, 0) is 80.9 Å². The first-order chi connectivity index (χ1) is 15.3. The predicted molar refractivity (Wildman–Crippen MR) is 132 cm³/mol. The Kier molecular flexibility index (Phi) is 7.82. The highest BCUT2D eigenvalue weighted by Crippen LogP contribution is 2.26. The van der Waals surface area contributed by atoms with Crippen molar-refractivity contribution in [2.75, 3.05) is 41.9 Å². The maximum absolute atomic E-state index is 12.0. The molecule has 3 aromatic rings. The predicted octanol–water partition coefficient (Wildman–Crippen LogP) is 4.49. The normalized spacial score (nSPS) is 10.5. The van der Waals surface area contributed by atoms with Crippen LogP contribution in [-0.2, 0) is 4.79 Å². The zero-order valence-corrected chi connectivity index (χ0v) is 19.0. The molecule has 3 rings (SSSR count). The first kappa shape index (κ1) is 23.3. The summed E-state index contributed by atoms with van der Waals surface area (Å²) in [5.74, 6) is -0.246. The minimum absolute atomic E-state index is 0.154. The summed E-state index contributed by atoms with van der Waals surface area (Å²) < 4.78 is 5.07. The zero-order valence-electron chi connectivity index (χ0n) is 17.4. The number of anilines is 4. The van der Waals surface area contributed by atoms with Crippen molar-refractivity contribution < 1.29 is 14.0 Å². The molecule has 8 nitrogen and oxygen atoms in total. The second kappa shape index (κ2) is 10.8. The maximum Gasteiger partial charge on any atom is 0.291 e. The van der Waals surface area contributed by atoms with Crippen molar-refractivity contribution in [2.24, 2.45) is 0 Å². The fourth-order valence-electron chi connectivity index (χ4n) is 2.70. The first-order valence-corrected chi connectivity index (χ1v) is 10.4. The Morgan fingerprint density at radius 3 is 2.16 bits per heavy atom. The summed E-state index contributed by atoms with van der Waals surface area (Å²) in [7, 11) is 3.62. The van der Waals surface area contributed by atoms with E-state index >= 15 is 0 Å². The van der Waals surface area contributed by atoms with Gasteiger partial charge in [-0.15, -0.1) is 0 Å². The molecule has 0 aliphatic rings. The largest absolute Gasteiger partial charge is 0.459 e. The van der Waals surface area contributed by atoms with Crippen LogP contribution in [-0.4, -0.2) is 42.5 Å². The van der Waals surface area contributed by atoms with Crippen molar-refractivity contribution in [1.29, 1.82) is 0 Å². The van der Waals surface area contributed by atoms with Crippen molar-refractivity contribution in [3.63, 3.8) is 0 Å². The van der Waals surface area contributed by atoms with Gasteiger partial charge in [-0.2, -0.15) is 0 Å². The molecule has 0 bridgehead atoms. The number of carbonyl (C=O) groups excluding carboxylic acids is 2. The van der Waals surface area contributed by atoms with Crippen molar-refractivity contribution in [2.45, 2.75) is 0 Å². The van der Waals surface area contributed by atoms with Crippen LogP contribution in [0.5, 0.6) is 0 Å². The van der Waals surface area contributed by atoms with E-state index in [4.69, 9.17) is 28.2 Å². The monoisotopic (exact) mass is 471 g/mol. The average molecular weight is 472 g/mol. The summed E-state index contributed by atoms with van der Waals surface area (Å²) in [5.41, 5.74) is 2.54. The van der Waals surface area contributed by atoms with E-state index < -0.39 is 0 Å². The number of halogens is 1. The minimum atomic E-state index is -0.328. The van der Waals surface area contributed by atoms with Gasteiger partial charge in [0.15, 0.2) is 10.9 Å². The van der Waals surface area contributed by atoms with Crippen LogP contribution in [0, 0.1) is 0 Å². The third-order valence-electron chi connectivity index (χ3n) is 4.11. The molecule has 0 radical (unpaired) electrons. The fourth-order valence-corrected chi connectivity index (χ4v) is 3.17. The summed E-state index contributed by atoms with van der Waals surface area (Å²) >= 11 is 11.6. The molecule has 166 valence electrons. The van der Waals surface area contributed by atoms with Crippen LogP contribution < -0.4 is 21.3 Å². The number of hydrogen-bond donors (Lipinski definition) is 4. The van der Waals surface area contributed by atoms with Gasteiger partial charge in [0.1, 0.15) is 0 Å². The van der Waals surface area contributed by atoms with Gasteiger partial charge in [0.05, 0.1) is 23.5 Å². The molecule has 0 spiro atoms. The van der Waals surface area contributed by atoms with Gasteiger partial charge in [-0.3, -0.25) is 9.59 Å². The molecule has 0 unspecified atom stereocenters. The number of thiocarbonyl (C=S) groups is 1. The lowest BCUT2D eigenvalue weighted by Gasteiger charge is -2.14. The second-order valence-corrected chi connectivity index (χ2v) is 7.88. The summed E-state index contributed by atoms with van der Waals surface area (Å²) in [6.45, 7) is 0.260. The van der Waals surface area contributed by atoms with E-state index in [-0.39, 0.29) is 24.1 Å². The first-order valence-electron chi connectivity index (χ1n) is 9.57. The number of nitrogens with zero attached hydrogens (tertiary/aromatic N) is 1. The number of carbonyl (C=O) groups is 2.